The molecule has 0 bridgehead atoms. The van der Waals surface area contributed by atoms with E-state index in [0.29, 0.717) is 6.42 Å². The molecule has 0 rings (SSSR count). The standard InChI is InChI=1S/C9H20O4S.Na.H2O/c1-2-3-4-5-6-7-8-9-13-14(10,11)12;;/h2-9H2,1H3,(H,10,11,12);;1H2/q;+1;/p-1. The first-order valence-electron chi connectivity index (χ1n) is 5.16. The van der Waals surface area contributed by atoms with E-state index >= 15 is 0 Å². The molecule has 94 valence electrons. The Morgan fingerprint density at radius 2 is 1.44 bits per heavy atom. The van der Waals surface area contributed by atoms with Crippen molar-refractivity contribution in [1.29, 1.82) is 0 Å². The third kappa shape index (κ3) is 20.3. The molecule has 0 aliphatic rings. The Hall–Kier alpha value is 0.830. The SMILES string of the molecule is CCCCCCCCCOS(=O)(=O)[O-].O.[Na+]. The van der Waals surface area contributed by atoms with Gasteiger partial charge >= 0.3 is 29.6 Å². The van der Waals surface area contributed by atoms with Crippen molar-refractivity contribution in [2.75, 3.05) is 6.61 Å². The average molecular weight is 264 g/mol. The van der Waals surface area contributed by atoms with Gasteiger partial charge in [-0.25, -0.2) is 8.42 Å². The van der Waals surface area contributed by atoms with Crippen LogP contribution in [0.5, 0.6) is 0 Å². The van der Waals surface area contributed by atoms with Gasteiger partial charge in [0.1, 0.15) is 0 Å². The van der Waals surface area contributed by atoms with Gasteiger partial charge in [0.25, 0.3) is 0 Å². The van der Waals surface area contributed by atoms with Gasteiger partial charge in [-0.1, -0.05) is 45.4 Å². The van der Waals surface area contributed by atoms with Crippen LogP contribution in [0.4, 0.5) is 0 Å². The molecule has 0 amide bonds. The van der Waals surface area contributed by atoms with Gasteiger partial charge in [-0.3, -0.25) is 4.18 Å². The number of rotatable bonds is 9. The molecule has 0 fully saturated rings. The zero-order valence-electron chi connectivity index (χ0n) is 10.2. The molecule has 0 heterocycles. The van der Waals surface area contributed by atoms with E-state index in [9.17, 15) is 13.0 Å². The average Bonchev–Trinajstić information content (AvgIpc) is 2.08. The van der Waals surface area contributed by atoms with Crippen LogP contribution in [0, 0.1) is 0 Å². The smallest absolute Gasteiger partial charge is 0.726 e. The predicted molar refractivity (Wildman–Crippen MR) is 57.3 cm³/mol. The van der Waals surface area contributed by atoms with Crippen LogP contribution in [-0.4, -0.2) is 25.1 Å². The minimum Gasteiger partial charge on any atom is -0.726 e. The zero-order chi connectivity index (χ0) is 10.9. The van der Waals surface area contributed by atoms with Gasteiger partial charge < -0.3 is 10.0 Å². The molecule has 0 aromatic rings. The molecule has 0 aromatic carbocycles. The molecule has 0 aromatic heterocycles. The third-order valence-electron chi connectivity index (χ3n) is 1.98. The van der Waals surface area contributed by atoms with Crippen molar-refractivity contribution in [2.45, 2.75) is 51.9 Å². The second-order valence-corrected chi connectivity index (χ2v) is 4.40. The molecule has 2 N–H and O–H groups in total. The Morgan fingerprint density at radius 1 is 1.00 bits per heavy atom. The normalized spacial score (nSPS) is 10.4. The van der Waals surface area contributed by atoms with E-state index in [4.69, 9.17) is 0 Å². The second kappa shape index (κ2) is 13.9. The Balaban J connectivity index is -0.000000845. The summed E-state index contributed by atoms with van der Waals surface area (Å²) in [6.45, 7) is 2.19. The third-order valence-corrected chi connectivity index (χ3v) is 2.43. The second-order valence-electron chi connectivity index (χ2n) is 3.35. The van der Waals surface area contributed by atoms with Gasteiger partial charge in [-0.2, -0.15) is 0 Å². The van der Waals surface area contributed by atoms with E-state index in [-0.39, 0.29) is 41.6 Å². The number of hydrogen-bond acceptors (Lipinski definition) is 4. The molecular formula is C9H21NaO5S. The number of unbranched alkanes of at least 4 members (excludes halogenated alkanes) is 6. The summed E-state index contributed by atoms with van der Waals surface area (Å²) in [5.41, 5.74) is 0. The van der Waals surface area contributed by atoms with Crippen molar-refractivity contribution in [1.82, 2.24) is 0 Å². The predicted octanol–water partition coefficient (Wildman–Crippen LogP) is -1.61. The van der Waals surface area contributed by atoms with E-state index in [2.05, 4.69) is 11.1 Å². The summed E-state index contributed by atoms with van der Waals surface area (Å²) in [5.74, 6) is 0. The van der Waals surface area contributed by atoms with Crippen molar-refractivity contribution in [3.63, 3.8) is 0 Å². The molecule has 0 saturated carbocycles. The molecule has 0 atom stereocenters. The quantitative estimate of drug-likeness (QED) is 0.216. The van der Waals surface area contributed by atoms with Crippen LogP contribution >= 0.6 is 0 Å². The minimum absolute atomic E-state index is 0. The van der Waals surface area contributed by atoms with Crippen LogP contribution in [0.2, 0.25) is 0 Å². The van der Waals surface area contributed by atoms with Crippen molar-refractivity contribution >= 4 is 10.4 Å². The molecule has 5 nitrogen and oxygen atoms in total. The van der Waals surface area contributed by atoms with Crippen LogP contribution in [0.1, 0.15) is 51.9 Å². The molecular weight excluding hydrogens is 243 g/mol. The molecule has 0 aliphatic heterocycles. The molecule has 16 heavy (non-hydrogen) atoms. The van der Waals surface area contributed by atoms with E-state index in [0.717, 1.165) is 12.8 Å². The van der Waals surface area contributed by atoms with Crippen molar-refractivity contribution in [3.05, 3.63) is 0 Å². The van der Waals surface area contributed by atoms with Gasteiger partial charge in [-0.15, -0.1) is 0 Å². The first kappa shape index (κ1) is 22.0. The fourth-order valence-electron chi connectivity index (χ4n) is 1.22. The summed E-state index contributed by atoms with van der Waals surface area (Å²) in [6, 6.07) is 0. The van der Waals surface area contributed by atoms with E-state index in [1.54, 1.807) is 0 Å². The maximum atomic E-state index is 10.0. The summed E-state index contributed by atoms with van der Waals surface area (Å²) in [7, 11) is -4.48. The van der Waals surface area contributed by atoms with Crippen LogP contribution in [0.3, 0.4) is 0 Å². The van der Waals surface area contributed by atoms with Crippen LogP contribution < -0.4 is 29.6 Å². The molecule has 0 saturated heterocycles. The summed E-state index contributed by atoms with van der Waals surface area (Å²) in [5, 5.41) is 0. The first-order chi connectivity index (χ1) is 6.56. The molecule has 7 heteroatoms. The molecule has 0 spiro atoms. The summed E-state index contributed by atoms with van der Waals surface area (Å²) < 4.78 is 34.2. The van der Waals surface area contributed by atoms with E-state index in [1.807, 2.05) is 0 Å². The Bertz CT molecular complexity index is 218. The van der Waals surface area contributed by atoms with E-state index < -0.39 is 10.4 Å². The summed E-state index contributed by atoms with van der Waals surface area (Å²) in [4.78, 5) is 0. The van der Waals surface area contributed by atoms with Crippen molar-refractivity contribution in [2.24, 2.45) is 0 Å². The largest absolute Gasteiger partial charge is 1.00 e. The fourth-order valence-corrected chi connectivity index (χ4v) is 1.54. The fraction of sp³-hybridized carbons (Fsp3) is 1.00. The van der Waals surface area contributed by atoms with Gasteiger partial charge in [0.05, 0.1) is 6.61 Å². The van der Waals surface area contributed by atoms with E-state index in [1.165, 1.54) is 25.7 Å². The Labute approximate surface area is 121 Å². The van der Waals surface area contributed by atoms with Crippen LogP contribution in [0.15, 0.2) is 0 Å². The Morgan fingerprint density at radius 3 is 1.88 bits per heavy atom. The topological polar surface area (TPSA) is 97.9 Å². The van der Waals surface area contributed by atoms with Crippen LogP contribution in [-0.2, 0) is 14.6 Å². The maximum absolute atomic E-state index is 10.0. The summed E-state index contributed by atoms with van der Waals surface area (Å²) >= 11 is 0. The van der Waals surface area contributed by atoms with Crippen molar-refractivity contribution in [3.8, 4) is 0 Å². The number of hydrogen-bond donors (Lipinski definition) is 0. The molecule has 0 unspecified atom stereocenters. The first-order valence-corrected chi connectivity index (χ1v) is 6.50. The summed E-state index contributed by atoms with van der Waals surface area (Å²) in [6.07, 6.45) is 7.55. The Kier molecular flexibility index (Phi) is 19.1. The molecule has 0 radical (unpaired) electrons. The van der Waals surface area contributed by atoms with Gasteiger partial charge in [0.2, 0.25) is 10.4 Å². The monoisotopic (exact) mass is 264 g/mol. The van der Waals surface area contributed by atoms with Gasteiger partial charge in [-0.05, 0) is 6.42 Å². The zero-order valence-corrected chi connectivity index (χ0v) is 13.0. The molecule has 0 aliphatic carbocycles. The van der Waals surface area contributed by atoms with Gasteiger partial charge in [0, 0.05) is 0 Å². The van der Waals surface area contributed by atoms with Crippen molar-refractivity contribution < 1.29 is 52.2 Å². The maximum Gasteiger partial charge on any atom is 1.00 e. The minimum atomic E-state index is -4.48. The van der Waals surface area contributed by atoms with Gasteiger partial charge in [0.15, 0.2) is 0 Å². The van der Waals surface area contributed by atoms with Crippen LogP contribution in [0.25, 0.3) is 0 Å².